The van der Waals surface area contributed by atoms with Gasteiger partial charge in [0.05, 0.1) is 12.7 Å². The summed E-state index contributed by atoms with van der Waals surface area (Å²) in [4.78, 5) is 0. The average Bonchev–Trinajstić information content (AvgIpc) is 3.22. The van der Waals surface area contributed by atoms with E-state index in [1.165, 1.54) is 64.2 Å². The van der Waals surface area contributed by atoms with Gasteiger partial charge >= 0.3 is 0 Å². The van der Waals surface area contributed by atoms with Gasteiger partial charge in [-0.2, -0.15) is 0 Å². The van der Waals surface area contributed by atoms with Gasteiger partial charge in [-0.25, -0.2) is 0 Å². The van der Waals surface area contributed by atoms with Gasteiger partial charge in [-0.15, -0.1) is 0 Å². The van der Waals surface area contributed by atoms with E-state index in [1.54, 1.807) is 0 Å². The molecule has 4 saturated carbocycles. The molecule has 6 aliphatic rings. The Morgan fingerprint density at radius 1 is 0.806 bits per heavy atom. The lowest BCUT2D eigenvalue weighted by Crippen LogP contribution is -2.64. The van der Waals surface area contributed by atoms with Gasteiger partial charge in [-0.1, -0.05) is 59.6 Å². The Labute approximate surface area is 192 Å². The molecular formula is C30H48O. The molecule has 0 aromatic heterocycles. The lowest BCUT2D eigenvalue weighted by Gasteiger charge is -2.70. The fourth-order valence-electron chi connectivity index (χ4n) is 11.2. The zero-order chi connectivity index (χ0) is 22.0. The summed E-state index contributed by atoms with van der Waals surface area (Å²) in [7, 11) is 0. The lowest BCUT2D eigenvalue weighted by molar-refractivity contribution is -0.206. The third kappa shape index (κ3) is 2.39. The van der Waals surface area contributed by atoms with Crippen molar-refractivity contribution in [1.29, 1.82) is 0 Å². The molecule has 0 amide bonds. The van der Waals surface area contributed by atoms with Crippen LogP contribution in [0.5, 0.6) is 0 Å². The van der Waals surface area contributed by atoms with Crippen molar-refractivity contribution < 1.29 is 4.74 Å². The third-order valence-corrected chi connectivity index (χ3v) is 13.2. The first-order chi connectivity index (χ1) is 14.5. The van der Waals surface area contributed by atoms with Crippen molar-refractivity contribution in [2.75, 3.05) is 6.61 Å². The second kappa shape index (κ2) is 6.22. The minimum absolute atomic E-state index is 0.368. The third-order valence-electron chi connectivity index (χ3n) is 13.2. The van der Waals surface area contributed by atoms with Crippen LogP contribution in [0.3, 0.4) is 0 Å². The molecule has 1 nitrogen and oxygen atoms in total. The number of rotatable bonds is 1. The molecule has 1 saturated heterocycles. The Morgan fingerprint density at radius 2 is 1.55 bits per heavy atom. The van der Waals surface area contributed by atoms with Crippen LogP contribution in [0.4, 0.5) is 0 Å². The Kier molecular flexibility index (Phi) is 4.27. The van der Waals surface area contributed by atoms with Gasteiger partial charge < -0.3 is 4.74 Å². The summed E-state index contributed by atoms with van der Waals surface area (Å²) < 4.78 is 6.72. The molecule has 0 radical (unpaired) electrons. The molecule has 5 aliphatic carbocycles. The van der Waals surface area contributed by atoms with Crippen molar-refractivity contribution in [3.05, 3.63) is 11.1 Å². The van der Waals surface area contributed by atoms with Gasteiger partial charge in [0.25, 0.3) is 0 Å². The zero-order valence-electron chi connectivity index (χ0n) is 21.6. The van der Waals surface area contributed by atoms with E-state index in [9.17, 15) is 0 Å². The van der Waals surface area contributed by atoms with E-state index in [0.717, 1.165) is 30.3 Å². The smallest absolute Gasteiger partial charge is 0.0663 e. The quantitative estimate of drug-likeness (QED) is 0.385. The summed E-state index contributed by atoms with van der Waals surface area (Å²) in [6.07, 6.45) is 14.8. The highest BCUT2D eigenvalue weighted by atomic mass is 16.5. The molecule has 6 rings (SSSR count). The molecule has 0 spiro atoms. The molecule has 5 fully saturated rings. The van der Waals surface area contributed by atoms with Gasteiger partial charge in [0.1, 0.15) is 0 Å². The van der Waals surface area contributed by atoms with Crippen LogP contribution in [0.25, 0.3) is 0 Å². The van der Waals surface area contributed by atoms with Gasteiger partial charge in [-0.05, 0) is 115 Å². The molecule has 1 heteroatoms. The Hall–Kier alpha value is -0.300. The molecule has 8 unspecified atom stereocenters. The van der Waals surface area contributed by atoms with Crippen LogP contribution in [0.1, 0.15) is 113 Å². The van der Waals surface area contributed by atoms with Crippen LogP contribution in [-0.4, -0.2) is 12.7 Å². The first-order valence-electron chi connectivity index (χ1n) is 13.8. The summed E-state index contributed by atoms with van der Waals surface area (Å²) >= 11 is 0. The van der Waals surface area contributed by atoms with Crippen LogP contribution in [0, 0.1) is 50.7 Å². The monoisotopic (exact) mass is 424 g/mol. The molecule has 8 atom stereocenters. The number of hydrogen-bond acceptors (Lipinski definition) is 1. The van der Waals surface area contributed by atoms with Crippen LogP contribution < -0.4 is 0 Å². The average molecular weight is 425 g/mol. The molecule has 0 N–H and O–H groups in total. The van der Waals surface area contributed by atoms with E-state index in [1.807, 2.05) is 11.1 Å². The number of fused-ring (bicyclic) bond motifs is 5. The van der Waals surface area contributed by atoms with Crippen molar-refractivity contribution in [2.45, 2.75) is 119 Å². The summed E-state index contributed by atoms with van der Waals surface area (Å²) in [5.41, 5.74) is 6.14. The number of hydrogen-bond donors (Lipinski definition) is 0. The van der Waals surface area contributed by atoms with Crippen molar-refractivity contribution in [3.63, 3.8) is 0 Å². The topological polar surface area (TPSA) is 9.23 Å². The first-order valence-corrected chi connectivity index (χ1v) is 13.8. The van der Waals surface area contributed by atoms with Gasteiger partial charge in [0.15, 0.2) is 0 Å². The van der Waals surface area contributed by atoms with E-state index < -0.39 is 0 Å². The first kappa shape index (κ1) is 21.2. The van der Waals surface area contributed by atoms with E-state index in [2.05, 4.69) is 48.5 Å². The van der Waals surface area contributed by atoms with Crippen molar-refractivity contribution in [1.82, 2.24) is 0 Å². The van der Waals surface area contributed by atoms with Gasteiger partial charge in [0.2, 0.25) is 0 Å². The van der Waals surface area contributed by atoms with E-state index >= 15 is 0 Å². The second-order valence-electron chi connectivity index (χ2n) is 14.8. The standard InChI is InChI=1S/C30H48O/c1-19(2)20-10-12-27(5)21(20)11-13-29(7)23(27)9-8-22-24-25-26(3,4)14-16-30(24,18-31-25)17-15-28(22,29)6/h19,22-25H,8-18H2,1-7H3. The predicted octanol–water partition coefficient (Wildman–Crippen LogP) is 8.19. The SMILES string of the molecule is CC(C)C1=C2CCC3(C)C(CCC4C5C6OCC5(CCC6(C)C)CCC43C)C2(C)CC1. The maximum atomic E-state index is 6.72. The molecule has 2 bridgehead atoms. The maximum absolute atomic E-state index is 6.72. The largest absolute Gasteiger partial charge is 0.377 e. The normalized spacial score (nSPS) is 55.0. The highest BCUT2D eigenvalue weighted by Crippen LogP contribution is 2.77. The number of allylic oxidation sites excluding steroid dienone is 2. The molecule has 31 heavy (non-hydrogen) atoms. The highest BCUT2D eigenvalue weighted by molar-refractivity contribution is 5.35. The molecule has 1 aliphatic heterocycles. The van der Waals surface area contributed by atoms with E-state index in [4.69, 9.17) is 4.74 Å². The van der Waals surface area contributed by atoms with Crippen molar-refractivity contribution >= 4 is 0 Å². The maximum Gasteiger partial charge on any atom is 0.0663 e. The van der Waals surface area contributed by atoms with Crippen molar-refractivity contribution in [2.24, 2.45) is 50.7 Å². The molecule has 1 heterocycles. The molecule has 0 aromatic carbocycles. The number of ether oxygens (including phenoxy) is 1. The van der Waals surface area contributed by atoms with Crippen molar-refractivity contribution in [3.8, 4) is 0 Å². The summed E-state index contributed by atoms with van der Waals surface area (Å²) in [5.74, 6) is 3.35. The lowest BCUT2D eigenvalue weighted by atomic mass is 9.34. The summed E-state index contributed by atoms with van der Waals surface area (Å²) in [5, 5.41) is 0. The minimum atomic E-state index is 0.368. The van der Waals surface area contributed by atoms with Crippen LogP contribution in [0.15, 0.2) is 11.1 Å². The molecule has 174 valence electrons. The van der Waals surface area contributed by atoms with Crippen LogP contribution in [-0.2, 0) is 4.74 Å². The fourth-order valence-corrected chi connectivity index (χ4v) is 11.2. The van der Waals surface area contributed by atoms with Gasteiger partial charge in [-0.3, -0.25) is 0 Å². The fraction of sp³-hybridized carbons (Fsp3) is 0.933. The highest BCUT2D eigenvalue weighted by Gasteiger charge is 2.71. The van der Waals surface area contributed by atoms with Crippen LogP contribution in [0.2, 0.25) is 0 Å². The Bertz CT molecular complexity index is 820. The summed E-state index contributed by atoms with van der Waals surface area (Å²) in [6.45, 7) is 19.2. The Morgan fingerprint density at radius 3 is 2.29 bits per heavy atom. The summed E-state index contributed by atoms with van der Waals surface area (Å²) in [6, 6.07) is 0. The minimum Gasteiger partial charge on any atom is -0.377 e. The second-order valence-corrected chi connectivity index (χ2v) is 14.8. The Balaban J connectivity index is 1.41. The van der Waals surface area contributed by atoms with E-state index in [-0.39, 0.29) is 0 Å². The zero-order valence-corrected chi connectivity index (χ0v) is 21.6. The van der Waals surface area contributed by atoms with Crippen LogP contribution >= 0.6 is 0 Å². The van der Waals surface area contributed by atoms with E-state index in [0.29, 0.717) is 33.2 Å². The van der Waals surface area contributed by atoms with Gasteiger partial charge in [0, 0.05) is 0 Å². The predicted molar refractivity (Wildman–Crippen MR) is 129 cm³/mol. The molecule has 0 aromatic rings. The molecular weight excluding hydrogens is 376 g/mol.